The van der Waals surface area contributed by atoms with Gasteiger partial charge in [-0.15, -0.1) is 0 Å². The highest BCUT2D eigenvalue weighted by atomic mass is 35.7. The second kappa shape index (κ2) is 6.85. The minimum Gasteiger partial charge on any atom is -0.399 e. The number of rotatable bonds is 2. The molecule has 0 aliphatic rings. The van der Waals surface area contributed by atoms with E-state index in [9.17, 15) is 16.8 Å². The van der Waals surface area contributed by atoms with E-state index in [1.54, 1.807) is 12.1 Å². The molecule has 0 fully saturated rings. The van der Waals surface area contributed by atoms with Crippen LogP contribution in [0.15, 0.2) is 18.2 Å². The molecule has 1 aromatic rings. The topological polar surface area (TPSA) is 106 Å². The first-order chi connectivity index (χ1) is 9.08. The van der Waals surface area contributed by atoms with Gasteiger partial charge < -0.3 is 5.73 Å². The van der Waals surface area contributed by atoms with Crippen LogP contribution in [0.4, 0.5) is 11.4 Å². The summed E-state index contributed by atoms with van der Waals surface area (Å²) < 4.78 is 43.5. The van der Waals surface area contributed by atoms with Crippen LogP contribution in [-0.2, 0) is 24.5 Å². The highest BCUT2D eigenvalue weighted by Crippen LogP contribution is 2.27. The maximum atomic E-state index is 11.1. The molecule has 0 aliphatic heterocycles. The number of anilines is 2. The van der Waals surface area contributed by atoms with Crippen molar-refractivity contribution in [3.8, 4) is 0 Å². The largest absolute Gasteiger partial charge is 0.399 e. The van der Waals surface area contributed by atoms with Gasteiger partial charge in [0.15, 0.2) is 0 Å². The number of hydrogen-bond acceptors (Lipinski definition) is 5. The Balaban J connectivity index is 0.000000690. The van der Waals surface area contributed by atoms with Crippen LogP contribution < -0.4 is 10.5 Å². The van der Waals surface area contributed by atoms with Crippen LogP contribution >= 0.6 is 10.7 Å². The van der Waals surface area contributed by atoms with E-state index in [2.05, 4.69) is 15.4 Å². The molecule has 0 saturated carbocycles. The minimum absolute atomic E-state index is 0.0662. The smallest absolute Gasteiger partial charge is 0.229 e. The molecule has 0 spiro atoms. The van der Waals surface area contributed by atoms with Crippen LogP contribution in [0.1, 0.15) is 26.3 Å². The molecule has 0 amide bonds. The quantitative estimate of drug-likeness (QED) is 0.623. The summed E-state index contributed by atoms with van der Waals surface area (Å²) in [4.78, 5) is 0. The third-order valence-corrected chi connectivity index (χ3v) is 2.73. The summed E-state index contributed by atoms with van der Waals surface area (Å²) in [7, 11) is -1.95. The van der Waals surface area contributed by atoms with Crippen molar-refractivity contribution < 1.29 is 16.8 Å². The highest BCUT2D eigenvalue weighted by molar-refractivity contribution is 8.13. The van der Waals surface area contributed by atoms with Gasteiger partial charge in [-0.05, 0) is 29.2 Å². The summed E-state index contributed by atoms with van der Waals surface area (Å²) in [5, 5.41) is 0. The Kier molecular flexibility index (Phi) is 6.52. The number of sulfonamides is 1. The van der Waals surface area contributed by atoms with E-state index >= 15 is 0 Å². The fourth-order valence-corrected chi connectivity index (χ4v) is 1.90. The van der Waals surface area contributed by atoms with Gasteiger partial charge in [0, 0.05) is 16.4 Å². The number of halogens is 1. The molecule has 1 aromatic carbocycles. The summed E-state index contributed by atoms with van der Waals surface area (Å²) >= 11 is 0. The third-order valence-electron chi connectivity index (χ3n) is 2.12. The zero-order valence-corrected chi connectivity index (χ0v) is 15.0. The fourth-order valence-electron chi connectivity index (χ4n) is 1.36. The van der Waals surface area contributed by atoms with Gasteiger partial charge in [-0.3, -0.25) is 4.72 Å². The third kappa shape index (κ3) is 11.4. The van der Waals surface area contributed by atoms with Gasteiger partial charge in [0.05, 0.1) is 18.2 Å². The molecule has 0 aromatic heterocycles. The lowest BCUT2D eigenvalue weighted by Crippen LogP contribution is -2.14. The molecule has 0 unspecified atom stereocenters. The van der Waals surface area contributed by atoms with Crippen LogP contribution in [0.25, 0.3) is 0 Å². The molecule has 0 saturated heterocycles. The number of nitrogen functional groups attached to an aromatic ring is 1. The Morgan fingerprint density at radius 2 is 1.48 bits per heavy atom. The molecular formula is C12H21ClN2O4S2. The van der Waals surface area contributed by atoms with Gasteiger partial charge in [-0.1, -0.05) is 20.8 Å². The monoisotopic (exact) mass is 356 g/mol. The van der Waals surface area contributed by atoms with Gasteiger partial charge in [0.1, 0.15) is 0 Å². The van der Waals surface area contributed by atoms with E-state index in [-0.39, 0.29) is 5.41 Å². The SMILES string of the molecule is CC(C)(C)c1cc(N)cc(NS(C)(=O)=O)c1.CS(=O)(=O)Cl. The van der Waals surface area contributed by atoms with Crippen molar-refractivity contribution in [1.82, 2.24) is 0 Å². The summed E-state index contributed by atoms with van der Waals surface area (Å²) in [6.45, 7) is 6.14. The minimum atomic E-state index is -3.26. The van der Waals surface area contributed by atoms with Crippen molar-refractivity contribution in [2.45, 2.75) is 26.2 Å². The Hall–Kier alpha value is -0.990. The predicted octanol–water partition coefficient (Wildman–Crippen LogP) is 2.12. The van der Waals surface area contributed by atoms with Crippen LogP contribution in [0.2, 0.25) is 0 Å². The molecule has 0 heterocycles. The fraction of sp³-hybridized carbons (Fsp3) is 0.500. The van der Waals surface area contributed by atoms with Gasteiger partial charge >= 0.3 is 0 Å². The molecule has 1 rings (SSSR count). The van der Waals surface area contributed by atoms with E-state index in [0.29, 0.717) is 11.4 Å². The summed E-state index contributed by atoms with van der Waals surface area (Å²) in [6.07, 6.45) is 2.04. The lowest BCUT2D eigenvalue weighted by molar-refractivity contribution is 0.590. The van der Waals surface area contributed by atoms with Crippen LogP contribution in [0.5, 0.6) is 0 Å². The maximum Gasteiger partial charge on any atom is 0.229 e. The molecule has 0 atom stereocenters. The van der Waals surface area contributed by atoms with E-state index in [0.717, 1.165) is 18.1 Å². The second-order valence-electron chi connectivity index (χ2n) is 5.65. The lowest BCUT2D eigenvalue weighted by Gasteiger charge is -2.20. The number of nitrogens with one attached hydrogen (secondary N) is 1. The molecule has 6 nitrogen and oxygen atoms in total. The second-order valence-corrected chi connectivity index (χ2v) is 10.4. The van der Waals surface area contributed by atoms with E-state index in [4.69, 9.17) is 5.73 Å². The summed E-state index contributed by atoms with van der Waals surface area (Å²) in [5.41, 5.74) is 7.73. The molecule has 0 aliphatic carbocycles. The number of benzene rings is 1. The average Bonchev–Trinajstić information content (AvgIpc) is 2.08. The summed E-state index contributed by atoms with van der Waals surface area (Å²) in [5.74, 6) is 0. The first kappa shape index (κ1) is 20.0. The van der Waals surface area contributed by atoms with E-state index in [1.165, 1.54) is 0 Å². The van der Waals surface area contributed by atoms with E-state index < -0.39 is 19.1 Å². The van der Waals surface area contributed by atoms with Gasteiger partial charge in [0.2, 0.25) is 19.1 Å². The molecule has 21 heavy (non-hydrogen) atoms. The first-order valence-electron chi connectivity index (χ1n) is 5.86. The molecule has 3 N–H and O–H groups in total. The van der Waals surface area contributed by atoms with E-state index in [1.807, 2.05) is 26.8 Å². The zero-order chi connectivity index (χ0) is 17.1. The highest BCUT2D eigenvalue weighted by Gasteiger charge is 2.15. The number of hydrogen-bond donors (Lipinski definition) is 2. The van der Waals surface area contributed by atoms with Gasteiger partial charge in [-0.25, -0.2) is 16.8 Å². The van der Waals surface area contributed by atoms with Crippen molar-refractivity contribution in [2.24, 2.45) is 0 Å². The lowest BCUT2D eigenvalue weighted by atomic mass is 9.86. The first-order valence-corrected chi connectivity index (χ1v) is 10.5. The molecule has 0 bridgehead atoms. The molecule has 0 radical (unpaired) electrons. The predicted molar refractivity (Wildman–Crippen MR) is 88.7 cm³/mol. The van der Waals surface area contributed by atoms with Gasteiger partial charge in [-0.2, -0.15) is 0 Å². The van der Waals surface area contributed by atoms with Crippen molar-refractivity contribution >= 4 is 41.1 Å². The number of nitrogens with two attached hydrogens (primary N) is 1. The Morgan fingerprint density at radius 3 is 1.81 bits per heavy atom. The van der Waals surface area contributed by atoms with Crippen molar-refractivity contribution in [3.63, 3.8) is 0 Å². The van der Waals surface area contributed by atoms with Gasteiger partial charge in [0.25, 0.3) is 0 Å². The van der Waals surface area contributed by atoms with Crippen molar-refractivity contribution in [1.29, 1.82) is 0 Å². The van der Waals surface area contributed by atoms with Crippen molar-refractivity contribution in [2.75, 3.05) is 23.0 Å². The Morgan fingerprint density at radius 1 is 1.05 bits per heavy atom. The van der Waals surface area contributed by atoms with Crippen molar-refractivity contribution in [3.05, 3.63) is 23.8 Å². The maximum absolute atomic E-state index is 11.1. The Bertz CT molecular complexity index is 684. The van der Waals surface area contributed by atoms with Crippen LogP contribution in [0, 0.1) is 0 Å². The zero-order valence-electron chi connectivity index (χ0n) is 12.6. The standard InChI is InChI=1S/C11H18N2O2S.CH3ClO2S/c1-11(2,3)8-5-9(12)7-10(6-8)13-16(4,14)15;1-5(2,3)4/h5-7,13H,12H2,1-4H3;1H3. The molecule has 9 heteroatoms. The normalized spacial score (nSPS) is 12.3. The van der Waals surface area contributed by atoms with Crippen LogP contribution in [0.3, 0.4) is 0 Å². The van der Waals surface area contributed by atoms with Crippen LogP contribution in [-0.4, -0.2) is 29.3 Å². The Labute approximate surface area is 131 Å². The summed E-state index contributed by atoms with van der Waals surface area (Å²) in [6, 6.07) is 5.27. The molecular weight excluding hydrogens is 336 g/mol. The molecule has 122 valence electrons. The average molecular weight is 357 g/mol.